The van der Waals surface area contributed by atoms with E-state index in [-0.39, 0.29) is 16.6 Å². The van der Waals surface area contributed by atoms with Gasteiger partial charge in [-0.2, -0.15) is 4.99 Å². The average Bonchev–Trinajstić information content (AvgIpc) is 3.10. The number of aliphatic imine (C=N–C) groups is 1. The fourth-order valence-electron chi connectivity index (χ4n) is 2.46. The molecule has 0 unspecified atom stereocenters. The van der Waals surface area contributed by atoms with Crippen molar-refractivity contribution >= 4 is 38.7 Å². The summed E-state index contributed by atoms with van der Waals surface area (Å²) >= 11 is 1.26. The monoisotopic (exact) mass is 352 g/mol. The highest BCUT2D eigenvalue weighted by molar-refractivity contribution is 8.18. The standard InChI is InChI=1S/C15H16N2O4S2/c1-23(20,21)11-4-5-12(18)10(8-11)9-13-14(19)16-15(22-13)17-6-2-3-7-17/h4-5,8-9,18H,2-3,6-7H2,1H3/b13-9-. The van der Waals surface area contributed by atoms with Crippen molar-refractivity contribution in [3.05, 3.63) is 28.7 Å². The van der Waals surface area contributed by atoms with Crippen LogP contribution < -0.4 is 0 Å². The molecule has 1 fully saturated rings. The molecule has 23 heavy (non-hydrogen) atoms. The minimum Gasteiger partial charge on any atom is -0.507 e. The van der Waals surface area contributed by atoms with E-state index in [1.54, 1.807) is 0 Å². The molecule has 0 aliphatic carbocycles. The summed E-state index contributed by atoms with van der Waals surface area (Å²) in [6.07, 6.45) is 4.76. The van der Waals surface area contributed by atoms with E-state index in [0.717, 1.165) is 32.2 Å². The molecule has 0 spiro atoms. The molecule has 6 nitrogen and oxygen atoms in total. The number of nitrogens with zero attached hydrogens (tertiary/aromatic N) is 2. The number of hydrogen-bond donors (Lipinski definition) is 1. The summed E-state index contributed by atoms with van der Waals surface area (Å²) in [6, 6.07) is 4.01. The number of benzene rings is 1. The lowest BCUT2D eigenvalue weighted by Crippen LogP contribution is -2.23. The number of aromatic hydroxyl groups is 1. The van der Waals surface area contributed by atoms with Gasteiger partial charge < -0.3 is 10.0 Å². The molecule has 2 aliphatic heterocycles. The third-order valence-corrected chi connectivity index (χ3v) is 5.85. The van der Waals surface area contributed by atoms with E-state index >= 15 is 0 Å². The predicted molar refractivity (Wildman–Crippen MR) is 90.0 cm³/mol. The van der Waals surface area contributed by atoms with E-state index in [0.29, 0.717) is 15.6 Å². The molecule has 1 aromatic carbocycles. The topological polar surface area (TPSA) is 87.0 Å². The first-order chi connectivity index (χ1) is 10.8. The molecule has 3 rings (SSSR count). The Labute approximate surface area is 138 Å². The van der Waals surface area contributed by atoms with Gasteiger partial charge in [-0.3, -0.25) is 4.79 Å². The number of carbonyl (C=O) groups excluding carboxylic acids is 1. The summed E-state index contributed by atoms with van der Waals surface area (Å²) in [7, 11) is -3.38. The van der Waals surface area contributed by atoms with E-state index in [4.69, 9.17) is 0 Å². The number of rotatable bonds is 2. The van der Waals surface area contributed by atoms with Gasteiger partial charge in [0.05, 0.1) is 9.80 Å². The Hall–Kier alpha value is -1.80. The zero-order valence-corrected chi connectivity index (χ0v) is 14.2. The van der Waals surface area contributed by atoms with Gasteiger partial charge in [-0.25, -0.2) is 8.42 Å². The van der Waals surface area contributed by atoms with Gasteiger partial charge >= 0.3 is 0 Å². The number of phenols is 1. The SMILES string of the molecule is CS(=O)(=O)c1ccc(O)c(/C=C2\SC(N3CCCC3)=NC2=O)c1. The summed E-state index contributed by atoms with van der Waals surface area (Å²) < 4.78 is 23.2. The lowest BCUT2D eigenvalue weighted by Gasteiger charge is -2.14. The highest BCUT2D eigenvalue weighted by Gasteiger charge is 2.27. The summed E-state index contributed by atoms with van der Waals surface area (Å²) in [6.45, 7) is 1.78. The second-order valence-corrected chi connectivity index (χ2v) is 8.52. The number of sulfone groups is 1. The van der Waals surface area contributed by atoms with Crippen molar-refractivity contribution in [1.29, 1.82) is 0 Å². The Kier molecular flexibility index (Phi) is 4.20. The number of phenolic OH excluding ortho intramolecular Hbond substituents is 1. The van der Waals surface area contributed by atoms with Gasteiger partial charge in [-0.05, 0) is 48.9 Å². The van der Waals surface area contributed by atoms with Crippen molar-refractivity contribution in [2.24, 2.45) is 4.99 Å². The van der Waals surface area contributed by atoms with Crippen LogP contribution in [0.1, 0.15) is 18.4 Å². The fourth-order valence-corrected chi connectivity index (χ4v) is 4.07. The van der Waals surface area contributed by atoms with Crippen molar-refractivity contribution in [2.45, 2.75) is 17.7 Å². The Morgan fingerprint density at radius 2 is 2.00 bits per heavy atom. The van der Waals surface area contributed by atoms with Crippen LogP contribution in [0, 0.1) is 0 Å². The summed E-state index contributed by atoms with van der Waals surface area (Å²) in [4.78, 5) is 18.6. The minimum absolute atomic E-state index is 0.0760. The Morgan fingerprint density at radius 1 is 1.30 bits per heavy atom. The molecule has 0 saturated carbocycles. The first-order valence-electron chi connectivity index (χ1n) is 7.15. The number of amidine groups is 1. The van der Waals surface area contributed by atoms with E-state index < -0.39 is 9.84 Å². The van der Waals surface area contributed by atoms with Crippen LogP contribution in [0.3, 0.4) is 0 Å². The van der Waals surface area contributed by atoms with Crippen LogP contribution in [0.2, 0.25) is 0 Å². The first-order valence-corrected chi connectivity index (χ1v) is 9.86. The maximum atomic E-state index is 12.0. The van der Waals surface area contributed by atoms with Crippen LogP contribution in [0.15, 0.2) is 33.0 Å². The number of thioether (sulfide) groups is 1. The van der Waals surface area contributed by atoms with Gasteiger partial charge in [0.1, 0.15) is 5.75 Å². The molecular weight excluding hydrogens is 336 g/mol. The zero-order valence-electron chi connectivity index (χ0n) is 12.5. The van der Waals surface area contributed by atoms with Crippen molar-refractivity contribution in [3.63, 3.8) is 0 Å². The molecule has 1 aromatic rings. The highest BCUT2D eigenvalue weighted by Crippen LogP contribution is 2.33. The Bertz CT molecular complexity index is 822. The van der Waals surface area contributed by atoms with E-state index in [2.05, 4.69) is 9.89 Å². The minimum atomic E-state index is -3.38. The van der Waals surface area contributed by atoms with Crippen LogP contribution in [0.4, 0.5) is 0 Å². The smallest absolute Gasteiger partial charge is 0.286 e. The molecule has 0 aromatic heterocycles. The van der Waals surface area contributed by atoms with Gasteiger partial charge in [-0.1, -0.05) is 0 Å². The van der Waals surface area contributed by atoms with Crippen molar-refractivity contribution < 1.29 is 18.3 Å². The number of likely N-dealkylation sites (tertiary alicyclic amines) is 1. The fraction of sp³-hybridized carbons (Fsp3) is 0.333. The predicted octanol–water partition coefficient (Wildman–Crippen LogP) is 1.86. The largest absolute Gasteiger partial charge is 0.507 e. The molecular formula is C15H16N2O4S2. The van der Waals surface area contributed by atoms with Crippen LogP contribution in [-0.2, 0) is 14.6 Å². The number of amides is 1. The molecule has 2 aliphatic rings. The van der Waals surface area contributed by atoms with Crippen LogP contribution in [0.25, 0.3) is 6.08 Å². The van der Waals surface area contributed by atoms with Crippen molar-refractivity contribution in [1.82, 2.24) is 4.90 Å². The molecule has 1 amide bonds. The summed E-state index contributed by atoms with van der Waals surface area (Å²) in [5.41, 5.74) is 0.293. The van der Waals surface area contributed by atoms with Crippen molar-refractivity contribution in [3.8, 4) is 5.75 Å². The van der Waals surface area contributed by atoms with Gasteiger partial charge in [0.15, 0.2) is 15.0 Å². The average molecular weight is 352 g/mol. The maximum Gasteiger partial charge on any atom is 0.286 e. The third-order valence-electron chi connectivity index (χ3n) is 3.70. The van der Waals surface area contributed by atoms with Gasteiger partial charge in [-0.15, -0.1) is 0 Å². The Morgan fingerprint density at radius 3 is 2.65 bits per heavy atom. The number of hydrogen-bond acceptors (Lipinski definition) is 6. The molecule has 0 bridgehead atoms. The van der Waals surface area contributed by atoms with E-state index in [9.17, 15) is 18.3 Å². The summed E-state index contributed by atoms with van der Waals surface area (Å²) in [5.74, 6) is -0.436. The lowest BCUT2D eigenvalue weighted by molar-refractivity contribution is -0.113. The van der Waals surface area contributed by atoms with E-state index in [1.165, 1.54) is 36.0 Å². The van der Waals surface area contributed by atoms with Gasteiger partial charge in [0, 0.05) is 24.9 Å². The lowest BCUT2D eigenvalue weighted by atomic mass is 10.2. The van der Waals surface area contributed by atoms with Crippen LogP contribution in [-0.4, -0.2) is 48.8 Å². The van der Waals surface area contributed by atoms with Crippen LogP contribution in [0.5, 0.6) is 5.75 Å². The van der Waals surface area contributed by atoms with Crippen LogP contribution >= 0.6 is 11.8 Å². The molecule has 122 valence electrons. The molecule has 1 saturated heterocycles. The molecule has 8 heteroatoms. The molecule has 2 heterocycles. The Balaban J connectivity index is 1.89. The van der Waals surface area contributed by atoms with E-state index in [1.807, 2.05) is 0 Å². The van der Waals surface area contributed by atoms with Gasteiger partial charge in [0.25, 0.3) is 5.91 Å². The zero-order chi connectivity index (χ0) is 16.6. The van der Waals surface area contributed by atoms with Crippen molar-refractivity contribution in [2.75, 3.05) is 19.3 Å². The number of carbonyl (C=O) groups is 1. The second kappa shape index (κ2) is 6.01. The molecule has 0 radical (unpaired) electrons. The van der Waals surface area contributed by atoms with Gasteiger partial charge in [0.2, 0.25) is 0 Å². The quantitative estimate of drug-likeness (QED) is 0.818. The normalized spacial score (nSPS) is 20.4. The first kappa shape index (κ1) is 16.1. The summed E-state index contributed by atoms with van der Waals surface area (Å²) in [5, 5.41) is 10.6. The second-order valence-electron chi connectivity index (χ2n) is 5.50. The maximum absolute atomic E-state index is 12.0. The third kappa shape index (κ3) is 3.42. The highest BCUT2D eigenvalue weighted by atomic mass is 32.2. The molecule has 0 atom stereocenters. The molecule has 1 N–H and O–H groups in total.